The van der Waals surface area contributed by atoms with Gasteiger partial charge in [0.05, 0.1) is 22.5 Å². The summed E-state index contributed by atoms with van der Waals surface area (Å²) in [6, 6.07) is 101. The van der Waals surface area contributed by atoms with E-state index in [1.54, 1.807) is 0 Å². The molecule has 81 heavy (non-hydrogen) atoms. The van der Waals surface area contributed by atoms with Crippen molar-refractivity contribution in [2.24, 2.45) is 0 Å². The van der Waals surface area contributed by atoms with E-state index in [9.17, 15) is 0 Å². The molecule has 0 saturated heterocycles. The van der Waals surface area contributed by atoms with Crippen LogP contribution in [0.1, 0.15) is 74.9 Å². The highest BCUT2D eigenvalue weighted by Crippen LogP contribution is 2.60. The van der Waals surface area contributed by atoms with Gasteiger partial charge in [0.1, 0.15) is 11.2 Å². The molecule has 1 aliphatic rings. The van der Waals surface area contributed by atoms with Gasteiger partial charge in [0.2, 0.25) is 0 Å². The van der Waals surface area contributed by atoms with Crippen LogP contribution in [0.25, 0.3) is 88.3 Å². The van der Waals surface area contributed by atoms with Crippen LogP contribution in [0.3, 0.4) is 0 Å². The number of anilines is 3. The Morgan fingerprint density at radius 1 is 0.321 bits per heavy atom. The summed E-state index contributed by atoms with van der Waals surface area (Å²) in [5.74, 6) is 0. The van der Waals surface area contributed by atoms with Gasteiger partial charge in [0, 0.05) is 27.5 Å². The van der Waals surface area contributed by atoms with Crippen LogP contribution in [-0.4, -0.2) is 0 Å². The summed E-state index contributed by atoms with van der Waals surface area (Å²) in [6.45, 7) is 14.0. The van der Waals surface area contributed by atoms with Gasteiger partial charge < -0.3 is 9.32 Å². The molecular formula is C79H63NO. The summed E-state index contributed by atoms with van der Waals surface area (Å²) in [7, 11) is 0. The number of para-hydroxylation sites is 4. The highest BCUT2D eigenvalue weighted by Gasteiger charge is 2.47. The van der Waals surface area contributed by atoms with Gasteiger partial charge in [0.25, 0.3) is 0 Å². The van der Waals surface area contributed by atoms with Crippen molar-refractivity contribution < 1.29 is 4.42 Å². The molecule has 1 aromatic heterocycles. The maximum atomic E-state index is 6.62. The first kappa shape index (κ1) is 49.8. The predicted molar refractivity (Wildman–Crippen MR) is 342 cm³/mol. The lowest BCUT2D eigenvalue weighted by atomic mass is 9.67. The fourth-order valence-electron chi connectivity index (χ4n) is 13.2. The summed E-state index contributed by atoms with van der Waals surface area (Å²) >= 11 is 0. The fraction of sp³-hybridized carbons (Fsp3) is 0.114. The topological polar surface area (TPSA) is 16.4 Å². The lowest BCUT2D eigenvalue weighted by Crippen LogP contribution is -2.28. The first-order valence-electron chi connectivity index (χ1n) is 28.5. The smallest absolute Gasteiger partial charge is 0.136 e. The van der Waals surface area contributed by atoms with Crippen LogP contribution in [-0.2, 0) is 16.2 Å². The quantitative estimate of drug-likeness (QED) is 0.143. The molecule has 0 spiro atoms. The second-order valence-electron chi connectivity index (χ2n) is 24.0. The molecule has 0 bridgehead atoms. The molecule has 0 atom stereocenters. The minimum absolute atomic E-state index is 0.0439. The summed E-state index contributed by atoms with van der Waals surface area (Å²) < 4.78 is 6.62. The number of fused-ring (bicyclic) bond motifs is 7. The molecular weight excluding hydrogens is 979 g/mol. The van der Waals surface area contributed by atoms with Gasteiger partial charge in [-0.1, -0.05) is 278 Å². The molecule has 0 fully saturated rings. The number of nitrogens with zero attached hydrogens (tertiary/aromatic N) is 1. The first-order chi connectivity index (χ1) is 39.5. The summed E-state index contributed by atoms with van der Waals surface area (Å²) in [5, 5.41) is 4.65. The number of benzene rings is 12. The zero-order valence-corrected chi connectivity index (χ0v) is 46.8. The highest BCUT2D eigenvalue weighted by molar-refractivity contribution is 6.11. The van der Waals surface area contributed by atoms with Gasteiger partial charge in [-0.25, -0.2) is 0 Å². The molecule has 0 amide bonds. The van der Waals surface area contributed by atoms with Crippen molar-refractivity contribution in [2.75, 3.05) is 4.90 Å². The van der Waals surface area contributed by atoms with Crippen molar-refractivity contribution in [3.8, 4) is 55.6 Å². The van der Waals surface area contributed by atoms with E-state index in [0.717, 1.165) is 61.3 Å². The first-order valence-corrected chi connectivity index (χ1v) is 28.5. The monoisotopic (exact) mass is 1040 g/mol. The Balaban J connectivity index is 1.05. The lowest BCUT2D eigenvalue weighted by molar-refractivity contribution is 0.569. The van der Waals surface area contributed by atoms with E-state index in [4.69, 9.17) is 4.42 Å². The second-order valence-corrected chi connectivity index (χ2v) is 24.0. The summed E-state index contributed by atoms with van der Waals surface area (Å²) in [4.78, 5) is 2.55. The van der Waals surface area contributed by atoms with E-state index in [2.05, 4.69) is 313 Å². The molecule has 0 N–H and O–H groups in total. The third-order valence-electron chi connectivity index (χ3n) is 17.1. The molecule has 0 saturated carbocycles. The largest absolute Gasteiger partial charge is 0.456 e. The molecule has 1 aliphatic carbocycles. The molecule has 0 radical (unpaired) electrons. The third-order valence-corrected chi connectivity index (χ3v) is 17.1. The van der Waals surface area contributed by atoms with Crippen molar-refractivity contribution in [1.82, 2.24) is 0 Å². The van der Waals surface area contributed by atoms with Crippen LogP contribution in [0.4, 0.5) is 17.1 Å². The van der Waals surface area contributed by atoms with Crippen molar-refractivity contribution in [1.29, 1.82) is 0 Å². The molecule has 0 unspecified atom stereocenters. The van der Waals surface area contributed by atoms with Crippen LogP contribution in [0.15, 0.2) is 277 Å². The average molecular weight is 1040 g/mol. The number of furan rings is 1. The number of rotatable bonds is 9. The Morgan fingerprint density at radius 2 is 0.790 bits per heavy atom. The van der Waals surface area contributed by atoms with Crippen LogP contribution in [0, 0.1) is 0 Å². The van der Waals surface area contributed by atoms with Crippen molar-refractivity contribution >= 4 is 49.8 Å². The van der Waals surface area contributed by atoms with E-state index in [1.807, 2.05) is 6.07 Å². The fourth-order valence-corrected chi connectivity index (χ4v) is 13.2. The molecule has 2 heteroatoms. The Labute approximate surface area is 476 Å². The molecule has 13 aromatic rings. The number of hydrogen-bond donors (Lipinski definition) is 0. The molecule has 1 heterocycles. The van der Waals surface area contributed by atoms with Gasteiger partial charge >= 0.3 is 0 Å². The van der Waals surface area contributed by atoms with E-state index in [-0.39, 0.29) is 10.8 Å². The second kappa shape index (κ2) is 19.4. The van der Waals surface area contributed by atoms with Gasteiger partial charge in [0.15, 0.2) is 0 Å². The number of hydrogen-bond acceptors (Lipinski definition) is 2. The zero-order chi connectivity index (χ0) is 55.0. The van der Waals surface area contributed by atoms with Gasteiger partial charge in [-0.05, 0) is 130 Å². The van der Waals surface area contributed by atoms with Gasteiger partial charge in [-0.2, -0.15) is 0 Å². The molecule has 14 rings (SSSR count). The predicted octanol–water partition coefficient (Wildman–Crippen LogP) is 21.8. The molecule has 12 aromatic carbocycles. The van der Waals surface area contributed by atoms with Crippen LogP contribution in [0.5, 0.6) is 0 Å². The van der Waals surface area contributed by atoms with Crippen molar-refractivity contribution in [3.05, 3.63) is 306 Å². The molecule has 0 aliphatic heterocycles. The van der Waals surface area contributed by atoms with Crippen LogP contribution in [0.2, 0.25) is 0 Å². The Hall–Kier alpha value is -9.50. The van der Waals surface area contributed by atoms with E-state index in [1.165, 1.54) is 77.5 Å². The normalized spacial score (nSPS) is 12.9. The van der Waals surface area contributed by atoms with E-state index >= 15 is 0 Å². The van der Waals surface area contributed by atoms with Crippen molar-refractivity contribution in [2.45, 2.75) is 57.8 Å². The SMILES string of the molecule is CC(C)(C)c1cc(-c2cccc3cccc(-c4ccccc4N(c4ccccc4-c4ccc5c(c4)oc4ccccc45)c4ccccc4-c4cccc5c4-c4ccccc4C5(c4ccccc4)c4ccccc4)c23)cc(C(C)(C)C)c1. The molecule has 390 valence electrons. The zero-order valence-electron chi connectivity index (χ0n) is 46.8. The van der Waals surface area contributed by atoms with Crippen LogP contribution < -0.4 is 4.90 Å². The maximum Gasteiger partial charge on any atom is 0.136 e. The van der Waals surface area contributed by atoms with Gasteiger partial charge in [-0.3, -0.25) is 0 Å². The van der Waals surface area contributed by atoms with Crippen LogP contribution >= 0.6 is 0 Å². The lowest BCUT2D eigenvalue weighted by Gasteiger charge is -2.34. The minimum atomic E-state index is -0.556. The highest BCUT2D eigenvalue weighted by atomic mass is 16.3. The Kier molecular flexibility index (Phi) is 11.9. The average Bonchev–Trinajstić information content (AvgIpc) is 2.76. The maximum absolute atomic E-state index is 6.62. The standard InChI is InChI=1S/C79H63NO/c1-77(2,3)57-48-54(49-58(51-57)78(4,5)6)60-37-23-26-52-27-24-38-65(75(52)60)61-33-15-20-43-71(61)80(70-42-19-14-32-59(70)53-46-47-64-63-35-17-22-45-73(63)81-74(64)50-53)72-44-21-16-34-62(72)66-39-25-41-69-76(66)67-36-13-18-40-68(67)79(69,55-28-9-7-10-29-55)56-30-11-8-12-31-56/h7-51H,1-6H3. The van der Waals surface area contributed by atoms with Crippen molar-refractivity contribution in [3.63, 3.8) is 0 Å². The summed E-state index contributed by atoms with van der Waals surface area (Å²) in [6.07, 6.45) is 0. The summed E-state index contributed by atoms with van der Waals surface area (Å²) in [5.41, 5.74) is 23.7. The Bertz CT molecular complexity index is 4470. The Morgan fingerprint density at radius 3 is 1.43 bits per heavy atom. The van der Waals surface area contributed by atoms with Gasteiger partial charge in [-0.15, -0.1) is 0 Å². The third kappa shape index (κ3) is 8.23. The van der Waals surface area contributed by atoms with E-state index < -0.39 is 5.41 Å². The van der Waals surface area contributed by atoms with E-state index in [0.29, 0.717) is 0 Å². The minimum Gasteiger partial charge on any atom is -0.456 e. The molecule has 2 nitrogen and oxygen atoms in total.